The zero-order valence-corrected chi connectivity index (χ0v) is 17.5. The number of halogens is 2. The second-order valence-corrected chi connectivity index (χ2v) is 8.96. The number of carbonyl (C=O) groups excluding carboxylic acids is 2. The standard InChI is InChI=1S/C19H26F2N2O5S/c1-4-22(12-13(2)19(25)28-3)18(24)14-7-9-23(10-8-14)29(26,27)17-11-15(20)5-6-16(17)21/h5-6,11,13-14H,4,7-10,12H2,1-3H3. The van der Waals surface area contributed by atoms with E-state index in [2.05, 4.69) is 4.74 Å². The Labute approximate surface area is 169 Å². The van der Waals surface area contributed by atoms with E-state index in [9.17, 15) is 26.8 Å². The summed E-state index contributed by atoms with van der Waals surface area (Å²) in [6, 6.07) is 2.29. The molecule has 2 rings (SSSR count). The van der Waals surface area contributed by atoms with Gasteiger partial charge in [-0.25, -0.2) is 17.2 Å². The van der Waals surface area contributed by atoms with Crippen LogP contribution in [0.5, 0.6) is 0 Å². The summed E-state index contributed by atoms with van der Waals surface area (Å²) in [6.07, 6.45) is 0.524. The van der Waals surface area contributed by atoms with E-state index < -0.39 is 44.4 Å². The Morgan fingerprint density at radius 1 is 1.28 bits per heavy atom. The van der Waals surface area contributed by atoms with Crippen LogP contribution in [0.25, 0.3) is 0 Å². The molecule has 0 radical (unpaired) electrons. The van der Waals surface area contributed by atoms with Gasteiger partial charge in [0.2, 0.25) is 15.9 Å². The number of sulfonamides is 1. The maximum atomic E-state index is 13.9. The van der Waals surface area contributed by atoms with Crippen LogP contribution >= 0.6 is 0 Å². The number of piperidine rings is 1. The van der Waals surface area contributed by atoms with Crippen LogP contribution in [0.15, 0.2) is 23.1 Å². The number of rotatable bonds is 7. The van der Waals surface area contributed by atoms with Gasteiger partial charge >= 0.3 is 5.97 Å². The molecule has 0 aromatic heterocycles. The number of methoxy groups -OCH3 is 1. The van der Waals surface area contributed by atoms with Crippen molar-refractivity contribution in [2.75, 3.05) is 33.3 Å². The minimum Gasteiger partial charge on any atom is -0.469 e. The average molecular weight is 432 g/mol. The van der Waals surface area contributed by atoms with E-state index in [1.54, 1.807) is 18.7 Å². The summed E-state index contributed by atoms with van der Waals surface area (Å²) in [6.45, 7) is 4.15. The van der Waals surface area contributed by atoms with Crippen LogP contribution in [0.1, 0.15) is 26.7 Å². The van der Waals surface area contributed by atoms with E-state index in [1.807, 2.05) is 0 Å². The highest BCUT2D eigenvalue weighted by molar-refractivity contribution is 7.89. The zero-order valence-electron chi connectivity index (χ0n) is 16.7. The van der Waals surface area contributed by atoms with E-state index >= 15 is 0 Å². The Morgan fingerprint density at radius 3 is 2.45 bits per heavy atom. The first-order valence-electron chi connectivity index (χ1n) is 9.43. The minimum atomic E-state index is -4.19. The highest BCUT2D eigenvalue weighted by Gasteiger charge is 2.35. The first-order chi connectivity index (χ1) is 13.6. The third-order valence-corrected chi connectivity index (χ3v) is 7.02. The second kappa shape index (κ2) is 9.62. The molecule has 0 aliphatic carbocycles. The van der Waals surface area contributed by atoms with Crippen LogP contribution < -0.4 is 0 Å². The fraction of sp³-hybridized carbons (Fsp3) is 0.579. The number of hydrogen-bond donors (Lipinski definition) is 0. The number of esters is 1. The maximum Gasteiger partial charge on any atom is 0.310 e. The first kappa shape index (κ1) is 23.2. The van der Waals surface area contributed by atoms with Gasteiger partial charge in [0, 0.05) is 32.1 Å². The van der Waals surface area contributed by atoms with E-state index in [-0.39, 0.29) is 38.4 Å². The lowest BCUT2D eigenvalue weighted by Crippen LogP contribution is -2.46. The molecule has 1 saturated heterocycles. The molecule has 1 fully saturated rings. The van der Waals surface area contributed by atoms with Gasteiger partial charge in [-0.1, -0.05) is 6.92 Å². The summed E-state index contributed by atoms with van der Waals surface area (Å²) in [5, 5.41) is 0. The molecule has 29 heavy (non-hydrogen) atoms. The van der Waals surface area contributed by atoms with Gasteiger partial charge in [0.15, 0.2) is 0 Å². The molecule has 1 aromatic carbocycles. The van der Waals surface area contributed by atoms with E-state index in [1.165, 1.54) is 7.11 Å². The lowest BCUT2D eigenvalue weighted by Gasteiger charge is -2.34. The number of nitrogens with zero attached hydrogens (tertiary/aromatic N) is 2. The van der Waals surface area contributed by atoms with Crippen LogP contribution in [-0.4, -0.2) is 62.8 Å². The lowest BCUT2D eigenvalue weighted by atomic mass is 9.96. The molecule has 0 saturated carbocycles. The summed E-state index contributed by atoms with van der Waals surface area (Å²) in [5.41, 5.74) is 0. The Bertz CT molecular complexity index is 854. The summed E-state index contributed by atoms with van der Waals surface area (Å²) >= 11 is 0. The molecular weight excluding hydrogens is 406 g/mol. The number of hydrogen-bond acceptors (Lipinski definition) is 5. The molecule has 1 aliphatic heterocycles. The van der Waals surface area contributed by atoms with Crippen LogP contribution in [0.3, 0.4) is 0 Å². The van der Waals surface area contributed by atoms with Crippen LogP contribution in [-0.2, 0) is 24.3 Å². The first-order valence-corrected chi connectivity index (χ1v) is 10.9. The van der Waals surface area contributed by atoms with Crippen molar-refractivity contribution >= 4 is 21.9 Å². The lowest BCUT2D eigenvalue weighted by molar-refractivity contribution is -0.147. The van der Waals surface area contributed by atoms with Crippen molar-refractivity contribution in [2.24, 2.45) is 11.8 Å². The molecule has 162 valence electrons. The predicted molar refractivity (Wildman–Crippen MR) is 101 cm³/mol. The Morgan fingerprint density at radius 2 is 1.90 bits per heavy atom. The topological polar surface area (TPSA) is 84.0 Å². The predicted octanol–water partition coefficient (Wildman–Crippen LogP) is 2.02. The Kier molecular flexibility index (Phi) is 7.70. The molecule has 0 bridgehead atoms. The molecular formula is C19H26F2N2O5S. The van der Waals surface area contributed by atoms with Gasteiger partial charge in [-0.2, -0.15) is 4.31 Å². The van der Waals surface area contributed by atoms with Crippen molar-refractivity contribution in [3.63, 3.8) is 0 Å². The van der Waals surface area contributed by atoms with Crippen LogP contribution in [0, 0.1) is 23.5 Å². The third-order valence-electron chi connectivity index (χ3n) is 5.11. The van der Waals surface area contributed by atoms with Gasteiger partial charge in [0.05, 0.1) is 13.0 Å². The van der Waals surface area contributed by atoms with Gasteiger partial charge in [-0.05, 0) is 38.0 Å². The molecule has 1 aromatic rings. The van der Waals surface area contributed by atoms with Crippen molar-refractivity contribution < 1.29 is 31.5 Å². The van der Waals surface area contributed by atoms with Gasteiger partial charge in [0.1, 0.15) is 16.5 Å². The number of ether oxygens (including phenoxy) is 1. The monoisotopic (exact) mass is 432 g/mol. The zero-order chi connectivity index (χ0) is 21.8. The van der Waals surface area contributed by atoms with Crippen molar-refractivity contribution in [1.82, 2.24) is 9.21 Å². The van der Waals surface area contributed by atoms with Crippen LogP contribution in [0.4, 0.5) is 8.78 Å². The summed E-state index contributed by atoms with van der Waals surface area (Å²) in [7, 11) is -2.91. The van der Waals surface area contributed by atoms with Crippen molar-refractivity contribution in [3.8, 4) is 0 Å². The van der Waals surface area contributed by atoms with E-state index in [0.717, 1.165) is 16.4 Å². The SMILES string of the molecule is CCN(CC(C)C(=O)OC)C(=O)C1CCN(S(=O)(=O)c2cc(F)ccc2F)CC1. The fourth-order valence-electron chi connectivity index (χ4n) is 3.40. The second-order valence-electron chi connectivity index (χ2n) is 7.05. The Balaban J connectivity index is 2.04. The molecule has 1 aliphatic rings. The normalized spacial score (nSPS) is 17.0. The molecule has 7 nitrogen and oxygen atoms in total. The average Bonchev–Trinajstić information content (AvgIpc) is 2.72. The molecule has 1 unspecified atom stereocenters. The molecule has 1 amide bonds. The largest absolute Gasteiger partial charge is 0.469 e. The van der Waals surface area contributed by atoms with Gasteiger partial charge in [-0.3, -0.25) is 9.59 Å². The van der Waals surface area contributed by atoms with Gasteiger partial charge < -0.3 is 9.64 Å². The summed E-state index contributed by atoms with van der Waals surface area (Å²) in [5.74, 6) is -3.29. The van der Waals surface area contributed by atoms with Gasteiger partial charge in [-0.15, -0.1) is 0 Å². The Hall–Kier alpha value is -2.07. The molecule has 0 spiro atoms. The molecule has 1 atom stereocenters. The minimum absolute atomic E-state index is 0.0266. The van der Waals surface area contributed by atoms with Crippen LogP contribution in [0.2, 0.25) is 0 Å². The summed E-state index contributed by atoms with van der Waals surface area (Å²) < 4.78 is 58.4. The number of benzene rings is 1. The smallest absolute Gasteiger partial charge is 0.310 e. The van der Waals surface area contributed by atoms with E-state index in [4.69, 9.17) is 0 Å². The maximum absolute atomic E-state index is 13.9. The van der Waals surface area contributed by atoms with Crippen molar-refractivity contribution in [2.45, 2.75) is 31.6 Å². The highest BCUT2D eigenvalue weighted by atomic mass is 32.2. The summed E-state index contributed by atoms with van der Waals surface area (Å²) in [4.78, 5) is 25.3. The van der Waals surface area contributed by atoms with Gasteiger partial charge in [0.25, 0.3) is 0 Å². The van der Waals surface area contributed by atoms with Crippen molar-refractivity contribution in [1.29, 1.82) is 0 Å². The molecule has 10 heteroatoms. The van der Waals surface area contributed by atoms with E-state index in [0.29, 0.717) is 12.6 Å². The fourth-order valence-corrected chi connectivity index (χ4v) is 4.94. The number of carbonyl (C=O) groups is 2. The molecule has 0 N–H and O–H groups in total. The van der Waals surface area contributed by atoms with Crippen molar-refractivity contribution in [3.05, 3.63) is 29.8 Å². The highest BCUT2D eigenvalue weighted by Crippen LogP contribution is 2.27. The third kappa shape index (κ3) is 5.30. The molecule has 1 heterocycles. The number of amides is 1. The quantitative estimate of drug-likeness (QED) is 0.616.